The highest BCUT2D eigenvalue weighted by Crippen LogP contribution is 2.21. The molecule has 116 valence electrons. The summed E-state index contributed by atoms with van der Waals surface area (Å²) >= 11 is 1.39. The monoisotopic (exact) mass is 310 g/mol. The summed E-state index contributed by atoms with van der Waals surface area (Å²) in [6.07, 6.45) is 3.56. The van der Waals surface area contributed by atoms with Crippen LogP contribution in [0.15, 0.2) is 17.5 Å². The third-order valence-electron chi connectivity index (χ3n) is 3.84. The molecule has 1 N–H and O–H groups in total. The fraction of sp³-hybridized carbons (Fsp3) is 0.600. The van der Waals surface area contributed by atoms with Crippen molar-refractivity contribution in [3.05, 3.63) is 22.4 Å². The molecule has 1 aromatic heterocycles. The summed E-state index contributed by atoms with van der Waals surface area (Å²) in [6.45, 7) is 1.04. The molecule has 1 aliphatic rings. The van der Waals surface area contributed by atoms with Crippen molar-refractivity contribution in [2.24, 2.45) is 0 Å². The van der Waals surface area contributed by atoms with E-state index in [9.17, 15) is 9.59 Å². The summed E-state index contributed by atoms with van der Waals surface area (Å²) in [6, 6.07) is 3.82. The molecule has 1 atom stereocenters. The van der Waals surface area contributed by atoms with Gasteiger partial charge < -0.3 is 14.9 Å². The highest BCUT2D eigenvalue weighted by Gasteiger charge is 2.29. The zero-order valence-corrected chi connectivity index (χ0v) is 13.1. The predicted octanol–water partition coefficient (Wildman–Crippen LogP) is 1.58. The lowest BCUT2D eigenvalue weighted by Crippen LogP contribution is -2.43. The maximum Gasteiger partial charge on any atom is 0.264 e. The van der Waals surface area contributed by atoms with Gasteiger partial charge in [0.2, 0.25) is 5.91 Å². The minimum absolute atomic E-state index is 0.00264. The van der Waals surface area contributed by atoms with Crippen molar-refractivity contribution < 1.29 is 14.7 Å². The van der Waals surface area contributed by atoms with Gasteiger partial charge in [0.25, 0.3) is 5.91 Å². The Morgan fingerprint density at radius 2 is 2.33 bits per heavy atom. The molecule has 0 radical (unpaired) electrons. The Hall–Kier alpha value is -1.40. The van der Waals surface area contributed by atoms with Crippen molar-refractivity contribution in [2.45, 2.75) is 31.7 Å². The minimum Gasteiger partial charge on any atom is -0.396 e. The molecule has 1 fully saturated rings. The molecule has 5 nitrogen and oxygen atoms in total. The average Bonchev–Trinajstić information content (AvgIpc) is 3.15. The van der Waals surface area contributed by atoms with Gasteiger partial charge in [-0.3, -0.25) is 9.59 Å². The molecule has 0 saturated carbocycles. The molecule has 1 unspecified atom stereocenters. The van der Waals surface area contributed by atoms with Gasteiger partial charge in [-0.25, -0.2) is 0 Å². The van der Waals surface area contributed by atoms with E-state index in [0.717, 1.165) is 32.2 Å². The number of carbonyl (C=O) groups excluding carboxylic acids is 2. The normalized spacial score (nSPS) is 18.0. The first-order valence-corrected chi connectivity index (χ1v) is 8.20. The largest absolute Gasteiger partial charge is 0.396 e. The van der Waals surface area contributed by atoms with E-state index in [-0.39, 0.29) is 31.0 Å². The van der Waals surface area contributed by atoms with E-state index in [1.807, 2.05) is 16.3 Å². The summed E-state index contributed by atoms with van der Waals surface area (Å²) in [5, 5.41) is 10.8. The first-order valence-electron chi connectivity index (χ1n) is 7.32. The topological polar surface area (TPSA) is 60.9 Å². The van der Waals surface area contributed by atoms with Crippen molar-refractivity contribution >= 4 is 23.2 Å². The van der Waals surface area contributed by atoms with Crippen molar-refractivity contribution in [2.75, 3.05) is 26.7 Å². The third kappa shape index (κ3) is 4.04. The number of carbonyl (C=O) groups is 2. The maximum absolute atomic E-state index is 12.4. The van der Waals surface area contributed by atoms with Crippen molar-refractivity contribution in [1.82, 2.24) is 9.80 Å². The Morgan fingerprint density at radius 1 is 1.52 bits per heavy atom. The van der Waals surface area contributed by atoms with Crippen LogP contribution in [0.4, 0.5) is 0 Å². The fourth-order valence-electron chi connectivity index (χ4n) is 2.74. The van der Waals surface area contributed by atoms with Crippen LogP contribution >= 0.6 is 11.3 Å². The number of likely N-dealkylation sites (N-methyl/N-ethyl adjacent to an activating group) is 1. The molecule has 2 heterocycles. The Kier molecular flexibility index (Phi) is 5.76. The van der Waals surface area contributed by atoms with Crippen LogP contribution in [0.3, 0.4) is 0 Å². The Labute approximate surface area is 129 Å². The highest BCUT2D eigenvalue weighted by molar-refractivity contribution is 7.12. The van der Waals surface area contributed by atoms with Gasteiger partial charge in [0, 0.05) is 26.2 Å². The average molecular weight is 310 g/mol. The summed E-state index contributed by atoms with van der Waals surface area (Å²) in [4.78, 5) is 28.5. The zero-order chi connectivity index (χ0) is 15.2. The number of thiophene rings is 1. The van der Waals surface area contributed by atoms with Crippen LogP contribution in [0.1, 0.15) is 35.4 Å². The second kappa shape index (κ2) is 7.56. The molecule has 0 aliphatic carbocycles. The lowest BCUT2D eigenvalue weighted by atomic mass is 10.1. The molecule has 2 rings (SSSR count). The number of likely N-dealkylation sites (tertiary alicyclic amines) is 1. The van der Waals surface area contributed by atoms with Crippen LogP contribution in [-0.2, 0) is 4.79 Å². The van der Waals surface area contributed by atoms with E-state index in [2.05, 4.69) is 0 Å². The summed E-state index contributed by atoms with van der Waals surface area (Å²) in [7, 11) is 1.67. The number of hydrogen-bond donors (Lipinski definition) is 1. The van der Waals surface area contributed by atoms with Crippen LogP contribution in [0, 0.1) is 0 Å². The van der Waals surface area contributed by atoms with Gasteiger partial charge >= 0.3 is 0 Å². The van der Waals surface area contributed by atoms with Gasteiger partial charge in [0.1, 0.15) is 0 Å². The SMILES string of the molecule is CN(CC(=O)N1CCCC1CCCO)C(=O)c1cccs1. The van der Waals surface area contributed by atoms with E-state index in [1.165, 1.54) is 16.2 Å². The van der Waals surface area contributed by atoms with Gasteiger partial charge in [-0.05, 0) is 37.1 Å². The van der Waals surface area contributed by atoms with E-state index in [0.29, 0.717) is 4.88 Å². The molecule has 1 saturated heterocycles. The predicted molar refractivity (Wildman–Crippen MR) is 82.3 cm³/mol. The number of aliphatic hydroxyl groups excluding tert-OH is 1. The van der Waals surface area contributed by atoms with E-state index < -0.39 is 0 Å². The fourth-order valence-corrected chi connectivity index (χ4v) is 3.46. The minimum atomic E-state index is -0.107. The molecule has 0 spiro atoms. The van der Waals surface area contributed by atoms with Gasteiger partial charge in [-0.2, -0.15) is 0 Å². The number of nitrogens with zero attached hydrogens (tertiary/aromatic N) is 2. The molecule has 21 heavy (non-hydrogen) atoms. The molecule has 6 heteroatoms. The zero-order valence-electron chi connectivity index (χ0n) is 12.3. The second-order valence-electron chi connectivity index (χ2n) is 5.39. The Balaban J connectivity index is 1.89. The highest BCUT2D eigenvalue weighted by atomic mass is 32.1. The van der Waals surface area contributed by atoms with Crippen molar-refractivity contribution in [3.8, 4) is 0 Å². The van der Waals surface area contributed by atoms with Crippen molar-refractivity contribution in [3.63, 3.8) is 0 Å². The Morgan fingerprint density at radius 3 is 3.00 bits per heavy atom. The smallest absolute Gasteiger partial charge is 0.264 e. The van der Waals surface area contributed by atoms with Gasteiger partial charge in [-0.15, -0.1) is 11.3 Å². The lowest BCUT2D eigenvalue weighted by molar-refractivity contribution is -0.132. The van der Waals surface area contributed by atoms with Gasteiger partial charge in [0.05, 0.1) is 11.4 Å². The second-order valence-corrected chi connectivity index (χ2v) is 6.34. The first kappa shape index (κ1) is 16.0. The number of hydrogen-bond acceptors (Lipinski definition) is 4. The molecule has 1 aromatic rings. The van der Waals surface area contributed by atoms with Crippen LogP contribution < -0.4 is 0 Å². The summed E-state index contributed by atoms with van der Waals surface area (Å²) < 4.78 is 0. The van der Waals surface area contributed by atoms with E-state index in [4.69, 9.17) is 5.11 Å². The number of rotatable bonds is 6. The first-order chi connectivity index (χ1) is 10.1. The standard InChI is InChI=1S/C15H22N2O3S/c1-16(15(20)13-7-4-10-21-13)11-14(19)17-8-2-5-12(17)6-3-9-18/h4,7,10,12,18H,2-3,5-6,8-9,11H2,1H3. The summed E-state index contributed by atoms with van der Waals surface area (Å²) in [5.41, 5.74) is 0. The Bertz CT molecular complexity index is 475. The van der Waals surface area contributed by atoms with Crippen LogP contribution in [0.5, 0.6) is 0 Å². The quantitative estimate of drug-likeness (QED) is 0.868. The lowest BCUT2D eigenvalue weighted by Gasteiger charge is -2.27. The van der Waals surface area contributed by atoms with Crippen LogP contribution in [-0.4, -0.2) is 59.5 Å². The van der Waals surface area contributed by atoms with Crippen LogP contribution in [0.2, 0.25) is 0 Å². The molecular weight excluding hydrogens is 288 g/mol. The molecule has 0 bridgehead atoms. The third-order valence-corrected chi connectivity index (χ3v) is 4.70. The van der Waals surface area contributed by atoms with Crippen molar-refractivity contribution in [1.29, 1.82) is 0 Å². The summed E-state index contributed by atoms with van der Waals surface area (Å²) in [5.74, 6) is -0.104. The number of amides is 2. The number of aliphatic hydroxyl groups is 1. The maximum atomic E-state index is 12.4. The molecule has 1 aliphatic heterocycles. The molecule has 2 amide bonds. The molecule has 0 aromatic carbocycles. The molecular formula is C15H22N2O3S. The van der Waals surface area contributed by atoms with E-state index >= 15 is 0 Å². The van der Waals surface area contributed by atoms with Gasteiger partial charge in [0.15, 0.2) is 0 Å². The van der Waals surface area contributed by atoms with E-state index in [1.54, 1.807) is 13.1 Å². The van der Waals surface area contributed by atoms with Gasteiger partial charge in [-0.1, -0.05) is 6.07 Å². The van der Waals surface area contributed by atoms with Crippen LogP contribution in [0.25, 0.3) is 0 Å².